The Labute approximate surface area is 285 Å². The van der Waals surface area contributed by atoms with E-state index >= 15 is 0 Å². The highest BCUT2D eigenvalue weighted by Gasteiger charge is 2.29. The number of fused-ring (bicyclic) bond motifs is 5. The third-order valence-electron chi connectivity index (χ3n) is 10.3. The summed E-state index contributed by atoms with van der Waals surface area (Å²) in [6, 6.07) is 58.6. The average molecular weight is 620 g/mol. The number of nitrogens with zero attached hydrogens (tertiary/aromatic N) is 1. The van der Waals surface area contributed by atoms with Gasteiger partial charge in [-0.2, -0.15) is 0 Å². The molecule has 0 atom stereocenters. The van der Waals surface area contributed by atoms with Crippen molar-refractivity contribution in [2.24, 2.45) is 0 Å². The standard InChI is InChI=1S/C47H41N/c1-46(2,3)35-24-27-45-44(29-35)41-21-13-20-40-42(34-16-10-7-11-17-34)30-37(31-43(40)41)47(4,5)36-18-12-19-39(28-36)48(45)38-25-22-33(23-26-38)32-14-8-6-9-15-32/h6-31H,1-5H3. The van der Waals surface area contributed by atoms with Gasteiger partial charge in [-0.1, -0.05) is 144 Å². The van der Waals surface area contributed by atoms with Crippen LogP contribution in [0.25, 0.3) is 44.2 Å². The van der Waals surface area contributed by atoms with E-state index in [0.717, 1.165) is 11.4 Å². The summed E-state index contributed by atoms with van der Waals surface area (Å²) in [6.45, 7) is 11.7. The van der Waals surface area contributed by atoms with Crippen molar-refractivity contribution < 1.29 is 0 Å². The Morgan fingerprint density at radius 3 is 1.81 bits per heavy atom. The van der Waals surface area contributed by atoms with Crippen LogP contribution in [-0.4, -0.2) is 0 Å². The van der Waals surface area contributed by atoms with Gasteiger partial charge in [0.15, 0.2) is 0 Å². The zero-order valence-electron chi connectivity index (χ0n) is 28.5. The van der Waals surface area contributed by atoms with Gasteiger partial charge in [0, 0.05) is 22.4 Å². The van der Waals surface area contributed by atoms with Crippen molar-refractivity contribution in [1.29, 1.82) is 0 Å². The molecule has 1 aliphatic rings. The van der Waals surface area contributed by atoms with Crippen LogP contribution in [0.4, 0.5) is 17.1 Å². The second-order valence-corrected chi connectivity index (χ2v) is 14.7. The van der Waals surface area contributed by atoms with Crippen molar-refractivity contribution in [2.45, 2.75) is 45.4 Å². The Balaban J connectivity index is 1.47. The van der Waals surface area contributed by atoms with Crippen LogP contribution in [0.3, 0.4) is 0 Å². The minimum Gasteiger partial charge on any atom is -0.310 e. The zero-order valence-corrected chi connectivity index (χ0v) is 28.5. The number of rotatable bonds is 3. The van der Waals surface area contributed by atoms with Crippen LogP contribution in [0.15, 0.2) is 158 Å². The van der Waals surface area contributed by atoms with Crippen molar-refractivity contribution in [1.82, 2.24) is 0 Å². The predicted octanol–water partition coefficient (Wildman–Crippen LogP) is 13.2. The summed E-state index contributed by atoms with van der Waals surface area (Å²) in [5, 5.41) is 2.55. The molecule has 0 spiro atoms. The number of hydrogen-bond acceptors (Lipinski definition) is 1. The van der Waals surface area contributed by atoms with Crippen LogP contribution < -0.4 is 4.90 Å². The molecule has 1 aliphatic heterocycles. The quantitative estimate of drug-likeness (QED) is 0.190. The molecule has 8 rings (SSSR count). The number of benzene rings is 7. The molecule has 4 bridgehead atoms. The Kier molecular flexibility index (Phi) is 7.11. The highest BCUT2D eigenvalue weighted by atomic mass is 15.1. The fraction of sp³-hybridized carbons (Fsp3) is 0.149. The lowest BCUT2D eigenvalue weighted by molar-refractivity contribution is 0.590. The third kappa shape index (κ3) is 5.11. The van der Waals surface area contributed by atoms with Crippen molar-refractivity contribution in [3.8, 4) is 33.4 Å². The van der Waals surface area contributed by atoms with Crippen LogP contribution in [0, 0.1) is 0 Å². The lowest BCUT2D eigenvalue weighted by Gasteiger charge is -2.31. The summed E-state index contributed by atoms with van der Waals surface area (Å²) in [5.74, 6) is 0. The molecule has 234 valence electrons. The van der Waals surface area contributed by atoms with Crippen LogP contribution in [-0.2, 0) is 10.8 Å². The largest absolute Gasteiger partial charge is 0.310 e. The SMILES string of the molecule is CC(C)(C)c1ccc2c(c1)-c1cccc3c(-c4ccccc4)cc(cc13)C(C)(C)c1cccc(c1)N2c1ccc(-c2ccccc2)cc1. The molecule has 7 aromatic carbocycles. The van der Waals surface area contributed by atoms with Crippen LogP contribution in [0.1, 0.15) is 51.3 Å². The summed E-state index contributed by atoms with van der Waals surface area (Å²) >= 11 is 0. The maximum atomic E-state index is 2.46. The molecule has 0 saturated carbocycles. The highest BCUT2D eigenvalue weighted by molar-refractivity contribution is 6.07. The van der Waals surface area contributed by atoms with Crippen molar-refractivity contribution >= 4 is 27.8 Å². The van der Waals surface area contributed by atoms with E-state index < -0.39 is 0 Å². The molecule has 0 fully saturated rings. The summed E-state index contributed by atoms with van der Waals surface area (Å²) < 4.78 is 0. The minimum atomic E-state index is -0.239. The molecule has 1 nitrogen and oxygen atoms in total. The Hall–Kier alpha value is -5.40. The molecular weight excluding hydrogens is 579 g/mol. The molecule has 0 saturated heterocycles. The molecule has 0 aliphatic carbocycles. The fourth-order valence-electron chi connectivity index (χ4n) is 7.31. The maximum absolute atomic E-state index is 2.46. The Bertz CT molecular complexity index is 2270. The first-order valence-corrected chi connectivity index (χ1v) is 17.0. The average Bonchev–Trinajstić information content (AvgIpc) is 3.12. The lowest BCUT2D eigenvalue weighted by Crippen LogP contribution is -2.20. The molecule has 7 aromatic rings. The molecule has 0 amide bonds. The van der Waals surface area contributed by atoms with Gasteiger partial charge in [0.2, 0.25) is 0 Å². The Morgan fingerprint density at radius 1 is 0.438 bits per heavy atom. The van der Waals surface area contributed by atoms with Crippen LogP contribution in [0.2, 0.25) is 0 Å². The van der Waals surface area contributed by atoms with Gasteiger partial charge >= 0.3 is 0 Å². The van der Waals surface area contributed by atoms with Gasteiger partial charge in [0.05, 0.1) is 5.69 Å². The normalized spacial score (nSPS) is 13.6. The van der Waals surface area contributed by atoms with Crippen LogP contribution in [0.5, 0.6) is 0 Å². The smallest absolute Gasteiger partial charge is 0.0540 e. The first kappa shape index (κ1) is 30.0. The summed E-state index contributed by atoms with van der Waals surface area (Å²) in [7, 11) is 0. The Morgan fingerprint density at radius 2 is 1.10 bits per heavy atom. The van der Waals surface area contributed by atoms with E-state index in [1.165, 1.54) is 66.5 Å². The summed E-state index contributed by atoms with van der Waals surface area (Å²) in [4.78, 5) is 2.46. The van der Waals surface area contributed by atoms with Gasteiger partial charge in [-0.05, 0) is 109 Å². The predicted molar refractivity (Wildman–Crippen MR) is 206 cm³/mol. The van der Waals surface area contributed by atoms with E-state index in [0.29, 0.717) is 0 Å². The minimum absolute atomic E-state index is 0.00372. The van der Waals surface area contributed by atoms with Crippen molar-refractivity contribution in [3.63, 3.8) is 0 Å². The van der Waals surface area contributed by atoms with Crippen LogP contribution >= 0.6 is 0 Å². The van der Waals surface area contributed by atoms with Gasteiger partial charge in [-0.25, -0.2) is 0 Å². The number of hydrogen-bond donors (Lipinski definition) is 0. The third-order valence-corrected chi connectivity index (χ3v) is 10.3. The molecule has 0 N–H and O–H groups in total. The summed E-state index contributed by atoms with van der Waals surface area (Å²) in [6.07, 6.45) is 0. The van der Waals surface area contributed by atoms with Gasteiger partial charge < -0.3 is 4.90 Å². The molecular formula is C47H41N. The van der Waals surface area contributed by atoms with Gasteiger partial charge in [-0.15, -0.1) is 0 Å². The number of anilines is 3. The van der Waals surface area contributed by atoms with E-state index in [4.69, 9.17) is 0 Å². The first-order chi connectivity index (χ1) is 23.2. The molecule has 1 heteroatoms. The van der Waals surface area contributed by atoms with E-state index in [2.05, 4.69) is 197 Å². The van der Waals surface area contributed by atoms with Gasteiger partial charge in [0.25, 0.3) is 0 Å². The molecule has 0 unspecified atom stereocenters. The molecule has 0 aromatic heterocycles. The first-order valence-electron chi connectivity index (χ1n) is 17.0. The molecule has 0 radical (unpaired) electrons. The van der Waals surface area contributed by atoms with Gasteiger partial charge in [-0.3, -0.25) is 0 Å². The van der Waals surface area contributed by atoms with Crippen molar-refractivity contribution in [2.75, 3.05) is 4.90 Å². The molecule has 48 heavy (non-hydrogen) atoms. The van der Waals surface area contributed by atoms with E-state index in [-0.39, 0.29) is 10.8 Å². The topological polar surface area (TPSA) is 3.24 Å². The van der Waals surface area contributed by atoms with E-state index in [1.54, 1.807) is 0 Å². The summed E-state index contributed by atoms with van der Waals surface area (Å²) in [5.41, 5.74) is 14.6. The monoisotopic (exact) mass is 619 g/mol. The maximum Gasteiger partial charge on any atom is 0.0540 e. The van der Waals surface area contributed by atoms with Crippen molar-refractivity contribution in [3.05, 3.63) is 174 Å². The second kappa shape index (κ2) is 11.4. The lowest BCUT2D eigenvalue weighted by atomic mass is 9.76. The van der Waals surface area contributed by atoms with Gasteiger partial charge in [0.1, 0.15) is 0 Å². The fourth-order valence-corrected chi connectivity index (χ4v) is 7.31. The highest BCUT2D eigenvalue weighted by Crippen LogP contribution is 2.48. The second-order valence-electron chi connectivity index (χ2n) is 14.7. The van der Waals surface area contributed by atoms with E-state index in [1.807, 2.05) is 0 Å². The molecule has 1 heterocycles. The van der Waals surface area contributed by atoms with E-state index in [9.17, 15) is 0 Å². The zero-order chi connectivity index (χ0) is 33.0.